The van der Waals surface area contributed by atoms with E-state index in [0.717, 1.165) is 5.56 Å². The highest BCUT2D eigenvalue weighted by Gasteiger charge is 2.34. The van der Waals surface area contributed by atoms with Gasteiger partial charge in [0.2, 0.25) is 0 Å². The summed E-state index contributed by atoms with van der Waals surface area (Å²) in [6, 6.07) is 18.0. The molecule has 0 spiro atoms. The van der Waals surface area contributed by atoms with Crippen molar-refractivity contribution < 1.29 is 14.3 Å². The monoisotopic (exact) mass is 346 g/mol. The summed E-state index contributed by atoms with van der Waals surface area (Å²) >= 11 is 3.37. The van der Waals surface area contributed by atoms with Crippen LogP contribution >= 0.6 is 15.9 Å². The predicted octanol–water partition coefficient (Wildman–Crippen LogP) is 3.59. The fourth-order valence-corrected chi connectivity index (χ4v) is 2.91. The SMILES string of the molecule is COC(=O)[C@H](c1ccccc1)[C@H](Br)C(=O)c1ccccc1. The average Bonchev–Trinajstić information content (AvgIpc) is 2.55. The third-order valence-electron chi connectivity index (χ3n) is 3.22. The van der Waals surface area contributed by atoms with E-state index < -0.39 is 16.7 Å². The molecule has 0 heterocycles. The molecule has 108 valence electrons. The number of ketones is 1. The van der Waals surface area contributed by atoms with E-state index in [1.54, 1.807) is 24.3 Å². The summed E-state index contributed by atoms with van der Waals surface area (Å²) in [6.07, 6.45) is 0. The highest BCUT2D eigenvalue weighted by atomic mass is 79.9. The number of ether oxygens (including phenoxy) is 1. The summed E-state index contributed by atoms with van der Waals surface area (Å²) in [6.45, 7) is 0. The number of hydrogen-bond acceptors (Lipinski definition) is 3. The lowest BCUT2D eigenvalue weighted by Gasteiger charge is -2.20. The maximum absolute atomic E-state index is 12.5. The van der Waals surface area contributed by atoms with Crippen molar-refractivity contribution in [2.75, 3.05) is 7.11 Å². The van der Waals surface area contributed by atoms with Crippen LogP contribution in [0.2, 0.25) is 0 Å². The molecule has 0 unspecified atom stereocenters. The second-order valence-corrected chi connectivity index (χ2v) is 5.53. The molecule has 2 rings (SSSR count). The van der Waals surface area contributed by atoms with Gasteiger partial charge in [0.25, 0.3) is 0 Å². The third-order valence-corrected chi connectivity index (χ3v) is 4.16. The molecule has 4 heteroatoms. The van der Waals surface area contributed by atoms with Gasteiger partial charge in [-0.3, -0.25) is 9.59 Å². The fourth-order valence-electron chi connectivity index (χ4n) is 2.12. The minimum atomic E-state index is -0.677. The molecule has 0 amide bonds. The van der Waals surface area contributed by atoms with E-state index in [4.69, 9.17) is 4.74 Å². The molecule has 0 aliphatic heterocycles. The maximum atomic E-state index is 12.5. The van der Waals surface area contributed by atoms with Crippen LogP contribution in [0.4, 0.5) is 0 Å². The number of benzene rings is 2. The van der Waals surface area contributed by atoms with Crippen LogP contribution in [0.5, 0.6) is 0 Å². The number of rotatable bonds is 5. The second kappa shape index (κ2) is 7.18. The Bertz CT molecular complexity index is 610. The summed E-state index contributed by atoms with van der Waals surface area (Å²) in [7, 11) is 1.32. The first kappa shape index (κ1) is 15.4. The van der Waals surface area contributed by atoms with Gasteiger partial charge in [0.15, 0.2) is 5.78 Å². The normalized spacial score (nSPS) is 13.2. The van der Waals surface area contributed by atoms with Crippen molar-refractivity contribution in [2.24, 2.45) is 0 Å². The molecule has 0 saturated heterocycles. The molecule has 2 atom stereocenters. The van der Waals surface area contributed by atoms with Crippen LogP contribution in [0, 0.1) is 0 Å². The molecule has 2 aromatic carbocycles. The molecule has 3 nitrogen and oxygen atoms in total. The Morgan fingerprint density at radius 3 is 2.00 bits per heavy atom. The van der Waals surface area contributed by atoms with Gasteiger partial charge in [-0.25, -0.2) is 0 Å². The highest BCUT2D eigenvalue weighted by molar-refractivity contribution is 9.10. The number of hydrogen-bond donors (Lipinski definition) is 0. The molecule has 0 aromatic heterocycles. The molecule has 0 aliphatic rings. The van der Waals surface area contributed by atoms with Crippen LogP contribution in [-0.4, -0.2) is 23.7 Å². The number of methoxy groups -OCH3 is 1. The van der Waals surface area contributed by atoms with Crippen molar-refractivity contribution in [2.45, 2.75) is 10.7 Å². The minimum Gasteiger partial charge on any atom is -0.469 e. The number of carbonyl (C=O) groups is 2. The zero-order valence-corrected chi connectivity index (χ0v) is 13.1. The molecular formula is C17H15BrO3. The van der Waals surface area contributed by atoms with Crippen molar-refractivity contribution in [1.29, 1.82) is 0 Å². The quantitative estimate of drug-likeness (QED) is 0.472. The first-order valence-electron chi connectivity index (χ1n) is 6.51. The molecule has 0 radical (unpaired) electrons. The number of halogens is 1. The van der Waals surface area contributed by atoms with Gasteiger partial charge >= 0.3 is 5.97 Å². The predicted molar refractivity (Wildman–Crippen MR) is 84.7 cm³/mol. The van der Waals surface area contributed by atoms with Crippen molar-refractivity contribution >= 4 is 27.7 Å². The van der Waals surface area contributed by atoms with Crippen LogP contribution in [0.25, 0.3) is 0 Å². The van der Waals surface area contributed by atoms with Gasteiger partial charge in [0.1, 0.15) is 5.92 Å². The van der Waals surface area contributed by atoms with Gasteiger partial charge < -0.3 is 4.74 Å². The van der Waals surface area contributed by atoms with E-state index in [0.29, 0.717) is 5.56 Å². The van der Waals surface area contributed by atoms with Crippen LogP contribution in [-0.2, 0) is 9.53 Å². The summed E-state index contributed by atoms with van der Waals surface area (Å²) < 4.78 is 4.85. The Hall–Kier alpha value is -1.94. The summed E-state index contributed by atoms with van der Waals surface area (Å²) in [4.78, 5) is 23.9. The Morgan fingerprint density at radius 2 is 1.48 bits per heavy atom. The molecule has 0 saturated carbocycles. The molecule has 0 bridgehead atoms. The number of carbonyl (C=O) groups excluding carboxylic acids is 2. The van der Waals surface area contributed by atoms with Crippen molar-refractivity contribution in [3.8, 4) is 0 Å². The lowest BCUT2D eigenvalue weighted by atomic mass is 9.91. The first-order valence-corrected chi connectivity index (χ1v) is 7.43. The molecule has 0 aliphatic carbocycles. The molecule has 0 fully saturated rings. The number of alkyl halides is 1. The van der Waals surface area contributed by atoms with Gasteiger partial charge in [-0.05, 0) is 5.56 Å². The van der Waals surface area contributed by atoms with Gasteiger partial charge in [-0.1, -0.05) is 76.6 Å². The topological polar surface area (TPSA) is 43.4 Å². The van der Waals surface area contributed by atoms with Gasteiger partial charge in [0.05, 0.1) is 11.9 Å². The molecule has 2 aromatic rings. The Morgan fingerprint density at radius 1 is 0.952 bits per heavy atom. The van der Waals surface area contributed by atoms with Gasteiger partial charge in [-0.2, -0.15) is 0 Å². The van der Waals surface area contributed by atoms with E-state index in [-0.39, 0.29) is 5.78 Å². The standard InChI is InChI=1S/C17H15BrO3/c1-21-17(20)14(12-8-4-2-5-9-12)15(18)16(19)13-10-6-3-7-11-13/h2-11,14-15H,1H3/t14-,15+/m1/s1. The zero-order valence-electron chi connectivity index (χ0n) is 11.5. The Balaban J connectivity index is 2.33. The van der Waals surface area contributed by atoms with E-state index in [1.807, 2.05) is 36.4 Å². The Labute approximate surface area is 132 Å². The molecular weight excluding hydrogens is 332 g/mol. The van der Waals surface area contributed by atoms with Crippen molar-refractivity contribution in [3.63, 3.8) is 0 Å². The van der Waals surface area contributed by atoms with E-state index in [2.05, 4.69) is 15.9 Å². The second-order valence-electron chi connectivity index (χ2n) is 4.54. The summed E-state index contributed by atoms with van der Waals surface area (Å²) in [5.41, 5.74) is 1.31. The molecule has 21 heavy (non-hydrogen) atoms. The highest BCUT2D eigenvalue weighted by Crippen LogP contribution is 2.29. The minimum absolute atomic E-state index is 0.144. The smallest absolute Gasteiger partial charge is 0.314 e. The van der Waals surface area contributed by atoms with Crippen LogP contribution < -0.4 is 0 Å². The van der Waals surface area contributed by atoms with Crippen molar-refractivity contribution in [3.05, 3.63) is 71.8 Å². The lowest BCUT2D eigenvalue weighted by Crippen LogP contribution is -2.29. The zero-order chi connectivity index (χ0) is 15.2. The largest absolute Gasteiger partial charge is 0.469 e. The maximum Gasteiger partial charge on any atom is 0.314 e. The summed E-state index contributed by atoms with van der Waals surface area (Å²) in [5.74, 6) is -1.26. The van der Waals surface area contributed by atoms with E-state index in [9.17, 15) is 9.59 Å². The fraction of sp³-hybridized carbons (Fsp3) is 0.176. The first-order chi connectivity index (χ1) is 10.1. The van der Waals surface area contributed by atoms with Crippen LogP contribution in [0.1, 0.15) is 21.8 Å². The lowest BCUT2D eigenvalue weighted by molar-refractivity contribution is -0.142. The van der Waals surface area contributed by atoms with Gasteiger partial charge in [0, 0.05) is 5.56 Å². The Kier molecular flexibility index (Phi) is 5.28. The van der Waals surface area contributed by atoms with E-state index in [1.165, 1.54) is 7.11 Å². The number of esters is 1. The summed E-state index contributed by atoms with van der Waals surface area (Å²) in [5, 5.41) is 0. The number of Topliss-reactive ketones (excluding diaryl/α,β-unsaturated/α-hetero) is 1. The van der Waals surface area contributed by atoms with E-state index >= 15 is 0 Å². The average molecular weight is 347 g/mol. The third kappa shape index (κ3) is 3.58. The van der Waals surface area contributed by atoms with Crippen molar-refractivity contribution in [1.82, 2.24) is 0 Å². The van der Waals surface area contributed by atoms with Crippen LogP contribution in [0.3, 0.4) is 0 Å². The molecule has 0 N–H and O–H groups in total. The van der Waals surface area contributed by atoms with Crippen LogP contribution in [0.15, 0.2) is 60.7 Å². The van der Waals surface area contributed by atoms with Gasteiger partial charge in [-0.15, -0.1) is 0 Å².